The zero-order valence-electron chi connectivity index (χ0n) is 2.74. The van der Waals surface area contributed by atoms with Gasteiger partial charge in [0.15, 0.2) is 0 Å². The fourth-order valence-corrected chi connectivity index (χ4v) is 0. The van der Waals surface area contributed by atoms with Gasteiger partial charge in [0.05, 0.1) is 0 Å². The van der Waals surface area contributed by atoms with Gasteiger partial charge in [-0.25, -0.2) is 4.86 Å². The molecule has 30 valence electrons. The Morgan fingerprint density at radius 3 is 2.20 bits per heavy atom. The van der Waals surface area contributed by atoms with Gasteiger partial charge < -0.3 is 0 Å². The van der Waals surface area contributed by atoms with Crippen LogP contribution in [-0.2, 0) is 4.86 Å². The molecule has 0 aromatic heterocycles. The lowest BCUT2D eigenvalue weighted by Gasteiger charge is -1.79. The van der Waals surface area contributed by atoms with E-state index >= 15 is 0 Å². The number of halogens is 2. The highest BCUT2D eigenvalue weighted by Gasteiger charge is 1.97. The summed E-state index contributed by atoms with van der Waals surface area (Å²) in [6, 6.07) is 0. The van der Waals surface area contributed by atoms with Gasteiger partial charge in [-0.05, 0) is 6.82 Å². The molecule has 0 saturated heterocycles. The van der Waals surface area contributed by atoms with Crippen LogP contribution in [0.1, 0.15) is 0 Å². The molecular formula is CH3BFIO. The van der Waals surface area contributed by atoms with E-state index < -0.39 is 0 Å². The lowest BCUT2D eigenvalue weighted by atomic mass is 10.1. The average molecular weight is 188 g/mol. The van der Waals surface area contributed by atoms with Crippen LogP contribution in [0.3, 0.4) is 0 Å². The van der Waals surface area contributed by atoms with Gasteiger partial charge in [0.25, 0.3) is 0 Å². The molecule has 0 unspecified atom stereocenters. The quantitative estimate of drug-likeness (QED) is 0.446. The highest BCUT2D eigenvalue weighted by molar-refractivity contribution is 14.1. The second kappa shape index (κ2) is 2.90. The summed E-state index contributed by atoms with van der Waals surface area (Å²) in [5.41, 5.74) is 0. The molecule has 1 nitrogen and oxygen atoms in total. The van der Waals surface area contributed by atoms with Gasteiger partial charge in [0, 0.05) is 0 Å². The van der Waals surface area contributed by atoms with Gasteiger partial charge >= 0.3 is 4.77 Å². The van der Waals surface area contributed by atoms with E-state index in [1.54, 1.807) is 6.82 Å². The third-order valence-corrected chi connectivity index (χ3v) is 0.315. The van der Waals surface area contributed by atoms with Crippen molar-refractivity contribution in [3.63, 3.8) is 0 Å². The topological polar surface area (TPSA) is 9.23 Å². The maximum atomic E-state index is 10.6. The molecule has 0 aliphatic heterocycles. The van der Waals surface area contributed by atoms with Crippen molar-refractivity contribution in [2.45, 2.75) is 6.82 Å². The van der Waals surface area contributed by atoms with Crippen LogP contribution in [0, 0.1) is 0 Å². The zero-order chi connectivity index (χ0) is 4.28. The summed E-state index contributed by atoms with van der Waals surface area (Å²) in [7, 11) is 0. The molecule has 0 amide bonds. The fraction of sp³-hybridized carbons (Fsp3) is 1.00. The predicted molar refractivity (Wildman–Crippen MR) is 27.8 cm³/mol. The highest BCUT2D eigenvalue weighted by Crippen LogP contribution is 1.92. The molecule has 0 bridgehead atoms. The van der Waals surface area contributed by atoms with Crippen molar-refractivity contribution < 1.29 is 9.39 Å². The van der Waals surface area contributed by atoms with Crippen LogP contribution < -0.4 is 0 Å². The molecule has 0 saturated carbocycles. The molecule has 0 N–H and O–H groups in total. The van der Waals surface area contributed by atoms with Crippen LogP contribution in [-0.4, -0.2) is 4.77 Å². The van der Waals surface area contributed by atoms with Crippen molar-refractivity contribution in [2.24, 2.45) is 0 Å². The summed E-state index contributed by atoms with van der Waals surface area (Å²) in [4.78, 5) is 3.24. The Morgan fingerprint density at radius 1 is 2.00 bits per heavy atom. The minimum atomic E-state index is -0.312. The first-order chi connectivity index (χ1) is 2.27. The molecule has 0 rings (SSSR count). The van der Waals surface area contributed by atoms with Gasteiger partial charge in [-0.2, -0.15) is 0 Å². The molecule has 0 spiro atoms. The standard InChI is InChI=1S/CH3BFIO/c1-2(4)5-3/h1H3. The van der Waals surface area contributed by atoms with Gasteiger partial charge in [-0.3, -0.25) is 0 Å². The van der Waals surface area contributed by atoms with E-state index in [-0.39, 0.29) is 4.77 Å². The minimum Gasteiger partial charge on any atom is -0.250 e. The van der Waals surface area contributed by atoms with E-state index in [2.05, 4.69) is 4.86 Å². The Hall–Kier alpha value is 0.685. The minimum absolute atomic E-state index is 0.312. The third-order valence-electron chi connectivity index (χ3n) is 0.123. The van der Waals surface area contributed by atoms with E-state index in [1.807, 2.05) is 22.4 Å². The lowest BCUT2D eigenvalue weighted by Crippen LogP contribution is -1.91. The molecule has 4 heteroatoms. The van der Waals surface area contributed by atoms with Crippen molar-refractivity contribution >= 4 is 27.1 Å². The van der Waals surface area contributed by atoms with Crippen LogP contribution in [0.15, 0.2) is 0 Å². The normalized spacial score (nSPS) is 7.80. The monoisotopic (exact) mass is 188 g/mol. The van der Waals surface area contributed by atoms with Crippen LogP contribution >= 0.6 is 22.4 Å². The van der Waals surface area contributed by atoms with Crippen LogP contribution in [0.2, 0.25) is 6.82 Å². The summed E-state index contributed by atoms with van der Waals surface area (Å²) >= 11 is 1.81. The molecule has 0 aliphatic carbocycles. The molecule has 0 heterocycles. The van der Waals surface area contributed by atoms with Crippen molar-refractivity contribution in [3.05, 3.63) is 0 Å². The zero-order valence-corrected chi connectivity index (χ0v) is 4.90. The lowest BCUT2D eigenvalue weighted by molar-refractivity contribution is -0.00294. The Balaban J connectivity index is 2.54. The predicted octanol–water partition coefficient (Wildman–Crippen LogP) is 1.44. The van der Waals surface area contributed by atoms with Crippen molar-refractivity contribution in [1.29, 1.82) is 0 Å². The largest absolute Gasteiger partial charge is 0.412 e. The molecule has 0 aliphatic rings. The Labute approximate surface area is 43.8 Å². The Kier molecular flexibility index (Phi) is 3.30. The molecular weight excluding hydrogens is 185 g/mol. The van der Waals surface area contributed by atoms with Crippen molar-refractivity contribution in [3.8, 4) is 0 Å². The number of hydrogen-bond acceptors (Lipinski definition) is 1. The molecule has 0 aromatic rings. The SMILES string of the molecule is CB(I)OF. The van der Waals surface area contributed by atoms with E-state index in [4.69, 9.17) is 0 Å². The molecule has 0 radical (unpaired) electrons. The van der Waals surface area contributed by atoms with Crippen LogP contribution in [0.5, 0.6) is 0 Å². The maximum Gasteiger partial charge on any atom is 0.412 e. The summed E-state index contributed by atoms with van der Waals surface area (Å²) < 4.78 is 10.3. The van der Waals surface area contributed by atoms with Gasteiger partial charge in [0.2, 0.25) is 0 Å². The summed E-state index contributed by atoms with van der Waals surface area (Å²) in [5.74, 6) is 0. The first kappa shape index (κ1) is 5.68. The Bertz CT molecular complexity index is 25.6. The average Bonchev–Trinajstić information content (AvgIpc) is 1.38. The number of hydrogen-bond donors (Lipinski definition) is 0. The third kappa shape index (κ3) is 4.68. The van der Waals surface area contributed by atoms with Crippen LogP contribution in [0.25, 0.3) is 0 Å². The maximum absolute atomic E-state index is 10.6. The van der Waals surface area contributed by atoms with Crippen molar-refractivity contribution in [2.75, 3.05) is 0 Å². The first-order valence-corrected chi connectivity index (χ1v) is 2.43. The van der Waals surface area contributed by atoms with E-state index in [0.29, 0.717) is 0 Å². The summed E-state index contributed by atoms with van der Waals surface area (Å²) in [6.07, 6.45) is 0. The van der Waals surface area contributed by atoms with Crippen molar-refractivity contribution in [1.82, 2.24) is 0 Å². The second-order valence-electron chi connectivity index (χ2n) is 0.632. The molecule has 0 fully saturated rings. The summed E-state index contributed by atoms with van der Waals surface area (Å²) in [6.45, 7) is 1.61. The van der Waals surface area contributed by atoms with Gasteiger partial charge in [-0.1, -0.05) is 4.53 Å². The molecule has 0 aromatic carbocycles. The summed E-state index contributed by atoms with van der Waals surface area (Å²) in [5, 5.41) is 0. The fourth-order valence-electron chi connectivity index (χ4n) is 0. The second-order valence-corrected chi connectivity index (χ2v) is 2.39. The number of rotatable bonds is 1. The van der Waals surface area contributed by atoms with E-state index in [0.717, 1.165) is 0 Å². The van der Waals surface area contributed by atoms with Crippen LogP contribution in [0.4, 0.5) is 4.53 Å². The van der Waals surface area contributed by atoms with E-state index in [9.17, 15) is 4.53 Å². The smallest absolute Gasteiger partial charge is 0.250 e. The van der Waals surface area contributed by atoms with Gasteiger partial charge in [0.1, 0.15) is 0 Å². The van der Waals surface area contributed by atoms with Gasteiger partial charge in [-0.15, -0.1) is 22.4 Å². The highest BCUT2D eigenvalue weighted by atomic mass is 127. The Morgan fingerprint density at radius 2 is 2.20 bits per heavy atom. The molecule has 0 atom stereocenters. The first-order valence-electron chi connectivity index (χ1n) is 1.19. The van der Waals surface area contributed by atoms with E-state index in [1.165, 1.54) is 0 Å². The molecule has 5 heavy (non-hydrogen) atoms.